The monoisotopic (exact) mass is 422 g/mol. The Balaban J connectivity index is 1.61. The summed E-state index contributed by atoms with van der Waals surface area (Å²) in [5, 5.41) is 0.618. The predicted molar refractivity (Wildman–Crippen MR) is 104 cm³/mol. The SMILES string of the molecule is C[C@H]1Cc2c(ccc(F)c2F)N1C(=O)Cc1nc(N2CCOCC2)sc1C(N)=O. The molecule has 2 N–H and O–H groups in total. The number of benzene rings is 1. The number of amides is 2. The molecule has 7 nitrogen and oxygen atoms in total. The summed E-state index contributed by atoms with van der Waals surface area (Å²) in [7, 11) is 0. The molecule has 0 radical (unpaired) electrons. The number of halogens is 2. The number of ether oxygens (including phenoxy) is 1. The maximum Gasteiger partial charge on any atom is 0.260 e. The summed E-state index contributed by atoms with van der Waals surface area (Å²) < 4.78 is 33.0. The molecule has 0 aliphatic carbocycles. The third-order valence-electron chi connectivity index (χ3n) is 5.15. The fourth-order valence-corrected chi connectivity index (χ4v) is 4.76. The molecule has 2 aliphatic rings. The first kappa shape index (κ1) is 19.7. The lowest BCUT2D eigenvalue weighted by Crippen LogP contribution is -2.37. The highest BCUT2D eigenvalue weighted by Crippen LogP contribution is 2.36. The number of nitrogens with two attached hydrogens (primary N) is 1. The number of fused-ring (bicyclic) bond motifs is 1. The first-order valence-electron chi connectivity index (χ1n) is 9.28. The van der Waals surface area contributed by atoms with Gasteiger partial charge in [0.25, 0.3) is 5.91 Å². The molecule has 29 heavy (non-hydrogen) atoms. The highest BCUT2D eigenvalue weighted by Gasteiger charge is 2.35. The van der Waals surface area contributed by atoms with E-state index in [1.165, 1.54) is 11.0 Å². The van der Waals surface area contributed by atoms with Crippen LogP contribution < -0.4 is 15.5 Å². The third kappa shape index (κ3) is 3.58. The topological polar surface area (TPSA) is 88.8 Å². The Hall–Kier alpha value is -2.59. The molecule has 1 aromatic heterocycles. The Kier molecular flexibility index (Phi) is 5.22. The van der Waals surface area contributed by atoms with Gasteiger partial charge in [-0.15, -0.1) is 0 Å². The van der Waals surface area contributed by atoms with Crippen LogP contribution in [0.5, 0.6) is 0 Å². The molecule has 2 aromatic rings. The van der Waals surface area contributed by atoms with Crippen LogP contribution in [0.25, 0.3) is 0 Å². The summed E-state index contributed by atoms with van der Waals surface area (Å²) in [6, 6.07) is 2.09. The minimum Gasteiger partial charge on any atom is -0.378 e. The van der Waals surface area contributed by atoms with Crippen molar-refractivity contribution in [2.24, 2.45) is 5.73 Å². The van der Waals surface area contributed by atoms with Crippen molar-refractivity contribution in [3.05, 3.63) is 39.9 Å². The van der Waals surface area contributed by atoms with Gasteiger partial charge in [0.2, 0.25) is 5.91 Å². The van der Waals surface area contributed by atoms with Gasteiger partial charge in [0.1, 0.15) is 4.88 Å². The normalized spacial score (nSPS) is 18.8. The third-order valence-corrected chi connectivity index (χ3v) is 6.32. The molecule has 0 saturated carbocycles. The van der Waals surface area contributed by atoms with Gasteiger partial charge in [0.05, 0.1) is 31.0 Å². The van der Waals surface area contributed by atoms with Crippen molar-refractivity contribution in [2.45, 2.75) is 25.8 Å². The summed E-state index contributed by atoms with van der Waals surface area (Å²) in [5.74, 6) is -2.85. The van der Waals surface area contributed by atoms with Crippen LogP contribution in [0, 0.1) is 11.6 Å². The molecule has 1 aromatic carbocycles. The van der Waals surface area contributed by atoms with Gasteiger partial charge >= 0.3 is 0 Å². The fourth-order valence-electron chi connectivity index (χ4n) is 3.78. The Bertz CT molecular complexity index is 975. The van der Waals surface area contributed by atoms with Crippen LogP contribution in [-0.2, 0) is 22.4 Å². The fraction of sp³-hybridized carbons (Fsp3) is 0.421. The van der Waals surface area contributed by atoms with Crippen molar-refractivity contribution in [1.29, 1.82) is 0 Å². The number of carbonyl (C=O) groups excluding carboxylic acids is 2. The van der Waals surface area contributed by atoms with E-state index in [-0.39, 0.29) is 35.2 Å². The first-order valence-corrected chi connectivity index (χ1v) is 10.1. The molecular weight excluding hydrogens is 402 g/mol. The van der Waals surface area contributed by atoms with Crippen LogP contribution in [0.1, 0.15) is 27.9 Å². The van der Waals surface area contributed by atoms with Crippen molar-refractivity contribution in [2.75, 3.05) is 36.1 Å². The van der Waals surface area contributed by atoms with Crippen molar-refractivity contribution in [3.8, 4) is 0 Å². The van der Waals surface area contributed by atoms with Crippen LogP contribution in [-0.4, -0.2) is 49.1 Å². The zero-order valence-corrected chi connectivity index (χ0v) is 16.6. The van der Waals surface area contributed by atoms with E-state index in [1.54, 1.807) is 6.92 Å². The Morgan fingerprint density at radius 3 is 2.72 bits per heavy atom. The number of hydrogen-bond acceptors (Lipinski definition) is 6. The largest absolute Gasteiger partial charge is 0.378 e. The Morgan fingerprint density at radius 1 is 1.31 bits per heavy atom. The lowest BCUT2D eigenvalue weighted by Gasteiger charge is -2.26. The summed E-state index contributed by atoms with van der Waals surface area (Å²) >= 11 is 1.15. The summed E-state index contributed by atoms with van der Waals surface area (Å²) in [4.78, 5) is 33.1. The number of nitrogens with zero attached hydrogens (tertiary/aromatic N) is 3. The lowest BCUT2D eigenvalue weighted by atomic mass is 10.1. The number of anilines is 2. The number of rotatable bonds is 4. The van der Waals surface area contributed by atoms with Crippen LogP contribution in [0.3, 0.4) is 0 Å². The molecule has 4 rings (SSSR count). The second-order valence-electron chi connectivity index (χ2n) is 7.09. The molecule has 154 valence electrons. The quantitative estimate of drug-likeness (QED) is 0.813. The van der Waals surface area contributed by atoms with Crippen LogP contribution in [0.4, 0.5) is 19.6 Å². The molecule has 10 heteroatoms. The van der Waals surface area contributed by atoms with Crippen molar-refractivity contribution in [3.63, 3.8) is 0 Å². The number of aromatic nitrogens is 1. The van der Waals surface area contributed by atoms with E-state index < -0.39 is 17.5 Å². The molecule has 0 spiro atoms. The Labute approximate surface area is 170 Å². The van der Waals surface area contributed by atoms with E-state index >= 15 is 0 Å². The molecule has 0 unspecified atom stereocenters. The van der Waals surface area contributed by atoms with Gasteiger partial charge < -0.3 is 20.3 Å². The molecule has 2 aliphatic heterocycles. The van der Waals surface area contributed by atoms with Crippen LogP contribution in [0.15, 0.2) is 12.1 Å². The van der Waals surface area contributed by atoms with Gasteiger partial charge in [0, 0.05) is 24.7 Å². The van der Waals surface area contributed by atoms with Gasteiger partial charge in [-0.3, -0.25) is 9.59 Å². The van der Waals surface area contributed by atoms with Gasteiger partial charge in [-0.25, -0.2) is 13.8 Å². The standard InChI is InChI=1S/C19H20F2N4O3S/c1-10-8-11-14(3-2-12(20)16(11)21)25(10)15(26)9-13-17(18(22)27)29-19(23-13)24-4-6-28-7-5-24/h2-3,10H,4-9H2,1H3,(H2,22,27)/t10-/m0/s1. The van der Waals surface area contributed by atoms with E-state index in [2.05, 4.69) is 4.98 Å². The van der Waals surface area contributed by atoms with Gasteiger partial charge in [-0.1, -0.05) is 11.3 Å². The minimum absolute atomic E-state index is 0.151. The smallest absolute Gasteiger partial charge is 0.260 e. The zero-order chi connectivity index (χ0) is 20.7. The number of primary amides is 1. The van der Waals surface area contributed by atoms with E-state index in [0.717, 1.165) is 17.4 Å². The predicted octanol–water partition coefficient (Wildman–Crippen LogP) is 1.88. The van der Waals surface area contributed by atoms with Crippen LogP contribution in [0.2, 0.25) is 0 Å². The zero-order valence-electron chi connectivity index (χ0n) is 15.8. The molecule has 1 fully saturated rings. The molecule has 1 saturated heterocycles. The van der Waals surface area contributed by atoms with E-state index in [1.807, 2.05) is 4.90 Å². The van der Waals surface area contributed by atoms with Gasteiger partial charge in [-0.2, -0.15) is 0 Å². The molecular formula is C19H20F2N4O3S. The second-order valence-corrected chi connectivity index (χ2v) is 8.07. The van der Waals surface area contributed by atoms with Gasteiger partial charge in [0.15, 0.2) is 16.8 Å². The highest BCUT2D eigenvalue weighted by atomic mass is 32.1. The maximum absolute atomic E-state index is 14.1. The number of thiazole rings is 1. The minimum atomic E-state index is -0.934. The lowest BCUT2D eigenvalue weighted by molar-refractivity contribution is -0.118. The van der Waals surface area contributed by atoms with Crippen molar-refractivity contribution in [1.82, 2.24) is 4.98 Å². The maximum atomic E-state index is 14.1. The summed E-state index contributed by atoms with van der Waals surface area (Å²) in [6.07, 6.45) is 0.0747. The van der Waals surface area contributed by atoms with E-state index in [4.69, 9.17) is 10.5 Å². The van der Waals surface area contributed by atoms with Crippen molar-refractivity contribution >= 4 is 34.0 Å². The van der Waals surface area contributed by atoms with Crippen molar-refractivity contribution < 1.29 is 23.1 Å². The van der Waals surface area contributed by atoms with Gasteiger partial charge in [-0.05, 0) is 25.5 Å². The Morgan fingerprint density at radius 2 is 2.03 bits per heavy atom. The molecule has 3 heterocycles. The average Bonchev–Trinajstić information content (AvgIpc) is 3.27. The van der Waals surface area contributed by atoms with Crippen LogP contribution >= 0.6 is 11.3 Å². The van der Waals surface area contributed by atoms with E-state index in [0.29, 0.717) is 42.8 Å². The number of hydrogen-bond donors (Lipinski definition) is 1. The second kappa shape index (κ2) is 7.68. The number of carbonyl (C=O) groups is 2. The molecule has 2 amide bonds. The highest BCUT2D eigenvalue weighted by molar-refractivity contribution is 7.17. The first-order chi connectivity index (χ1) is 13.9. The summed E-state index contributed by atoms with van der Waals surface area (Å²) in [6.45, 7) is 4.17. The molecule has 0 bridgehead atoms. The average molecular weight is 422 g/mol. The van der Waals surface area contributed by atoms with E-state index in [9.17, 15) is 18.4 Å². The molecule has 1 atom stereocenters. The number of morpholine rings is 1. The summed E-state index contributed by atoms with van der Waals surface area (Å²) in [5.41, 5.74) is 6.34.